The van der Waals surface area contributed by atoms with Crippen molar-refractivity contribution in [1.29, 1.82) is 0 Å². The fourth-order valence-electron chi connectivity index (χ4n) is 1.70. The largest absolute Gasteiger partial charge is 0.396 e. The van der Waals surface area contributed by atoms with Crippen molar-refractivity contribution >= 4 is 21.2 Å². The molecule has 0 bridgehead atoms. The van der Waals surface area contributed by atoms with Crippen molar-refractivity contribution < 1.29 is 8.42 Å². The summed E-state index contributed by atoms with van der Waals surface area (Å²) >= 11 is 0. The van der Waals surface area contributed by atoms with Gasteiger partial charge in [0.05, 0.1) is 16.3 Å². The first-order valence-electron chi connectivity index (χ1n) is 5.67. The van der Waals surface area contributed by atoms with Crippen LogP contribution in [0.1, 0.15) is 19.8 Å². The minimum absolute atomic E-state index is 0.207. The molecule has 0 amide bonds. The van der Waals surface area contributed by atoms with Gasteiger partial charge in [-0.25, -0.2) is 8.42 Å². The number of hydrogen-bond donors (Lipinski definition) is 1. The zero-order valence-corrected chi connectivity index (χ0v) is 11.4. The fraction of sp³-hybridized carbons (Fsp3) is 0.500. The first kappa shape index (κ1) is 13.8. The number of benzene rings is 1. The van der Waals surface area contributed by atoms with Gasteiger partial charge in [0.1, 0.15) is 0 Å². The highest BCUT2D eigenvalue weighted by Crippen LogP contribution is 2.29. The van der Waals surface area contributed by atoms with Gasteiger partial charge in [-0.2, -0.15) is 0 Å². The number of unbranched alkanes of at least 4 members (excludes halogenated alkanes) is 1. The molecule has 0 aliphatic heterocycles. The molecule has 0 aliphatic carbocycles. The molecule has 0 atom stereocenters. The molecule has 2 N–H and O–H groups in total. The standard InChI is InChI=1S/C12H20N2O2S/c1-4-5-9-14(2)10-7-6-8-11(12(10)13)17(3,15)16/h6-8H,4-5,9,13H2,1-3H3. The summed E-state index contributed by atoms with van der Waals surface area (Å²) in [6, 6.07) is 5.12. The van der Waals surface area contributed by atoms with Gasteiger partial charge in [0.2, 0.25) is 0 Å². The van der Waals surface area contributed by atoms with Gasteiger partial charge in [0, 0.05) is 19.8 Å². The smallest absolute Gasteiger partial charge is 0.177 e. The van der Waals surface area contributed by atoms with E-state index in [2.05, 4.69) is 6.92 Å². The molecule has 4 nitrogen and oxygen atoms in total. The molecule has 1 aromatic carbocycles. The second-order valence-electron chi connectivity index (χ2n) is 4.24. The van der Waals surface area contributed by atoms with E-state index in [-0.39, 0.29) is 4.90 Å². The van der Waals surface area contributed by atoms with Gasteiger partial charge >= 0.3 is 0 Å². The minimum atomic E-state index is -3.26. The number of sulfone groups is 1. The number of nitrogens with two attached hydrogens (primary N) is 1. The second kappa shape index (κ2) is 5.40. The van der Waals surface area contributed by atoms with Gasteiger partial charge in [0.15, 0.2) is 9.84 Å². The Morgan fingerprint density at radius 2 is 2.00 bits per heavy atom. The molecule has 17 heavy (non-hydrogen) atoms. The number of rotatable bonds is 5. The summed E-state index contributed by atoms with van der Waals surface area (Å²) in [6.07, 6.45) is 3.32. The molecule has 0 radical (unpaired) electrons. The Bertz CT molecular complexity index is 483. The van der Waals surface area contributed by atoms with Crippen LogP contribution in [-0.2, 0) is 9.84 Å². The lowest BCUT2D eigenvalue weighted by Crippen LogP contribution is -2.20. The monoisotopic (exact) mass is 256 g/mol. The Labute approximate surface area is 103 Å². The third-order valence-electron chi connectivity index (χ3n) is 2.70. The van der Waals surface area contributed by atoms with Crippen LogP contribution in [0, 0.1) is 0 Å². The van der Waals surface area contributed by atoms with Gasteiger partial charge < -0.3 is 10.6 Å². The molecule has 1 rings (SSSR count). The Morgan fingerprint density at radius 3 is 2.53 bits per heavy atom. The van der Waals surface area contributed by atoms with Crippen LogP contribution in [0.25, 0.3) is 0 Å². The van der Waals surface area contributed by atoms with Crippen LogP contribution in [0.3, 0.4) is 0 Å². The van der Waals surface area contributed by atoms with Gasteiger partial charge in [-0.1, -0.05) is 19.4 Å². The first-order valence-corrected chi connectivity index (χ1v) is 7.56. The lowest BCUT2D eigenvalue weighted by molar-refractivity contribution is 0.602. The Balaban J connectivity index is 3.11. The van der Waals surface area contributed by atoms with E-state index in [1.165, 1.54) is 6.26 Å². The maximum atomic E-state index is 11.5. The predicted octanol–water partition coefficient (Wildman–Crippen LogP) is 1.91. The normalized spacial score (nSPS) is 11.5. The van der Waals surface area contributed by atoms with Crippen molar-refractivity contribution in [2.45, 2.75) is 24.7 Å². The van der Waals surface area contributed by atoms with Gasteiger partial charge in [-0.15, -0.1) is 0 Å². The summed E-state index contributed by atoms with van der Waals surface area (Å²) in [5, 5.41) is 0. The number of hydrogen-bond acceptors (Lipinski definition) is 4. The molecule has 0 aromatic heterocycles. The average Bonchev–Trinajstić information content (AvgIpc) is 2.24. The highest BCUT2D eigenvalue weighted by atomic mass is 32.2. The van der Waals surface area contributed by atoms with Crippen molar-refractivity contribution in [2.75, 3.05) is 30.5 Å². The minimum Gasteiger partial charge on any atom is -0.396 e. The molecule has 0 saturated heterocycles. The van der Waals surface area contributed by atoms with Crippen LogP contribution in [-0.4, -0.2) is 28.3 Å². The van der Waals surface area contributed by atoms with E-state index in [1.807, 2.05) is 18.0 Å². The molecule has 0 fully saturated rings. The molecular weight excluding hydrogens is 236 g/mol. The van der Waals surface area contributed by atoms with E-state index in [9.17, 15) is 8.42 Å². The van der Waals surface area contributed by atoms with Crippen LogP contribution in [0.5, 0.6) is 0 Å². The van der Waals surface area contributed by atoms with E-state index >= 15 is 0 Å². The SMILES string of the molecule is CCCCN(C)c1cccc(S(C)(=O)=O)c1N. The van der Waals surface area contributed by atoms with Crippen LogP contribution in [0.2, 0.25) is 0 Å². The molecule has 0 heterocycles. The quantitative estimate of drug-likeness (QED) is 0.817. The molecule has 0 unspecified atom stereocenters. The van der Waals surface area contributed by atoms with E-state index in [4.69, 9.17) is 5.73 Å². The maximum Gasteiger partial charge on any atom is 0.177 e. The zero-order chi connectivity index (χ0) is 13.1. The van der Waals surface area contributed by atoms with Crippen molar-refractivity contribution in [1.82, 2.24) is 0 Å². The molecule has 96 valence electrons. The topological polar surface area (TPSA) is 63.4 Å². The highest BCUT2D eigenvalue weighted by Gasteiger charge is 2.15. The Morgan fingerprint density at radius 1 is 1.35 bits per heavy atom. The lowest BCUT2D eigenvalue weighted by Gasteiger charge is -2.21. The van der Waals surface area contributed by atoms with E-state index in [0.717, 1.165) is 25.1 Å². The third-order valence-corrected chi connectivity index (χ3v) is 3.86. The van der Waals surface area contributed by atoms with Gasteiger partial charge in [-0.05, 0) is 18.6 Å². The number of nitrogens with zero attached hydrogens (tertiary/aromatic N) is 1. The van der Waals surface area contributed by atoms with Crippen LogP contribution in [0.4, 0.5) is 11.4 Å². The van der Waals surface area contributed by atoms with Crippen LogP contribution >= 0.6 is 0 Å². The number of anilines is 2. The van der Waals surface area contributed by atoms with Gasteiger partial charge in [0.25, 0.3) is 0 Å². The van der Waals surface area contributed by atoms with E-state index < -0.39 is 9.84 Å². The number of nitrogen functional groups attached to an aromatic ring is 1. The summed E-state index contributed by atoms with van der Waals surface area (Å²) in [4.78, 5) is 2.20. The predicted molar refractivity (Wildman–Crippen MR) is 72.1 cm³/mol. The summed E-state index contributed by atoms with van der Waals surface area (Å²) in [6.45, 7) is 2.98. The summed E-state index contributed by atoms with van der Waals surface area (Å²) in [5.74, 6) is 0. The van der Waals surface area contributed by atoms with Crippen molar-refractivity contribution in [3.05, 3.63) is 18.2 Å². The van der Waals surface area contributed by atoms with E-state index in [1.54, 1.807) is 12.1 Å². The summed E-state index contributed by atoms with van der Waals surface area (Å²) in [7, 11) is -1.34. The molecular formula is C12H20N2O2S. The lowest BCUT2D eigenvalue weighted by atomic mass is 10.2. The first-order chi connectivity index (χ1) is 7.88. The Kier molecular flexibility index (Phi) is 4.40. The molecule has 0 spiro atoms. The van der Waals surface area contributed by atoms with Crippen LogP contribution in [0.15, 0.2) is 23.1 Å². The highest BCUT2D eigenvalue weighted by molar-refractivity contribution is 7.90. The Hall–Kier alpha value is -1.23. The van der Waals surface area contributed by atoms with Crippen molar-refractivity contribution in [3.63, 3.8) is 0 Å². The fourth-order valence-corrected chi connectivity index (χ4v) is 2.53. The molecule has 1 aromatic rings. The van der Waals surface area contributed by atoms with E-state index in [0.29, 0.717) is 5.69 Å². The molecule has 0 saturated carbocycles. The van der Waals surface area contributed by atoms with Crippen molar-refractivity contribution in [3.8, 4) is 0 Å². The third kappa shape index (κ3) is 3.36. The van der Waals surface area contributed by atoms with Gasteiger partial charge in [-0.3, -0.25) is 0 Å². The molecule has 0 aliphatic rings. The summed E-state index contributed by atoms with van der Waals surface area (Å²) < 4.78 is 23.1. The summed E-state index contributed by atoms with van der Waals surface area (Å²) in [5.41, 5.74) is 7.04. The second-order valence-corrected chi connectivity index (χ2v) is 6.22. The molecule has 5 heteroatoms. The van der Waals surface area contributed by atoms with Crippen molar-refractivity contribution in [2.24, 2.45) is 0 Å². The van der Waals surface area contributed by atoms with Crippen LogP contribution < -0.4 is 10.6 Å². The zero-order valence-electron chi connectivity index (χ0n) is 10.6. The number of para-hydroxylation sites is 1. The maximum absolute atomic E-state index is 11.5. The average molecular weight is 256 g/mol.